The van der Waals surface area contributed by atoms with Crippen molar-refractivity contribution >= 4 is 49.8 Å². The Hall–Kier alpha value is -1.73. The number of likely N-dealkylation sites (tertiary alicyclic amines) is 1. The fourth-order valence-corrected chi connectivity index (χ4v) is 5.20. The molecular formula is C20H21Cl2N3O2S. The minimum atomic E-state index is -3.76. The zero-order chi connectivity index (χ0) is 19.9. The highest BCUT2D eigenvalue weighted by molar-refractivity contribution is 7.92. The molecule has 2 N–H and O–H groups in total. The van der Waals surface area contributed by atoms with Crippen molar-refractivity contribution in [2.45, 2.75) is 30.2 Å². The topological polar surface area (TPSA) is 65.2 Å². The molecule has 5 nitrogen and oxygen atoms in total. The van der Waals surface area contributed by atoms with Gasteiger partial charge < -0.3 is 9.88 Å². The third-order valence-electron chi connectivity index (χ3n) is 5.35. The molecule has 3 aromatic rings. The maximum absolute atomic E-state index is 12.7. The Bertz CT molecular complexity index is 1130. The van der Waals surface area contributed by atoms with Gasteiger partial charge in [0.05, 0.1) is 14.9 Å². The van der Waals surface area contributed by atoms with E-state index in [0.29, 0.717) is 16.8 Å². The molecule has 1 aromatic heterocycles. The van der Waals surface area contributed by atoms with Crippen LogP contribution in [0.25, 0.3) is 10.9 Å². The first-order valence-electron chi connectivity index (χ1n) is 9.11. The van der Waals surface area contributed by atoms with Gasteiger partial charge in [0.1, 0.15) is 0 Å². The lowest BCUT2D eigenvalue weighted by Gasteiger charge is -2.18. The van der Waals surface area contributed by atoms with E-state index in [9.17, 15) is 8.42 Å². The summed E-state index contributed by atoms with van der Waals surface area (Å²) in [7, 11) is -1.60. The molecule has 1 atom stereocenters. The van der Waals surface area contributed by atoms with Crippen molar-refractivity contribution in [3.63, 3.8) is 0 Å². The highest BCUT2D eigenvalue weighted by atomic mass is 35.5. The molecule has 0 unspecified atom stereocenters. The third kappa shape index (κ3) is 3.87. The number of nitrogens with zero attached hydrogens (tertiary/aromatic N) is 1. The quantitative estimate of drug-likeness (QED) is 0.595. The lowest BCUT2D eigenvalue weighted by Crippen LogP contribution is -2.26. The monoisotopic (exact) mass is 437 g/mol. The summed E-state index contributed by atoms with van der Waals surface area (Å²) in [6, 6.07) is 10.3. The average Bonchev–Trinajstić information content (AvgIpc) is 3.24. The number of fused-ring (bicyclic) bond motifs is 1. The van der Waals surface area contributed by atoms with E-state index >= 15 is 0 Å². The van der Waals surface area contributed by atoms with Crippen LogP contribution >= 0.6 is 23.2 Å². The van der Waals surface area contributed by atoms with Crippen LogP contribution in [-0.2, 0) is 16.4 Å². The van der Waals surface area contributed by atoms with Crippen LogP contribution in [0, 0.1) is 0 Å². The zero-order valence-corrected chi connectivity index (χ0v) is 17.7. The normalized spacial score (nSPS) is 18.0. The number of halogens is 2. The summed E-state index contributed by atoms with van der Waals surface area (Å²) in [6.07, 6.45) is 5.37. The third-order valence-corrected chi connectivity index (χ3v) is 7.47. The van der Waals surface area contributed by atoms with Crippen LogP contribution in [0.5, 0.6) is 0 Å². The molecule has 0 bridgehead atoms. The van der Waals surface area contributed by atoms with Crippen molar-refractivity contribution in [2.24, 2.45) is 0 Å². The van der Waals surface area contributed by atoms with Gasteiger partial charge in [0.2, 0.25) is 0 Å². The van der Waals surface area contributed by atoms with Crippen molar-refractivity contribution in [3.8, 4) is 0 Å². The predicted octanol–water partition coefficient (Wildman–Crippen LogP) is 4.91. The van der Waals surface area contributed by atoms with Crippen LogP contribution in [0.15, 0.2) is 47.5 Å². The van der Waals surface area contributed by atoms with E-state index in [2.05, 4.69) is 21.7 Å². The van der Waals surface area contributed by atoms with Crippen molar-refractivity contribution in [1.29, 1.82) is 0 Å². The molecule has 148 valence electrons. The van der Waals surface area contributed by atoms with Crippen LogP contribution in [0.3, 0.4) is 0 Å². The number of rotatable bonds is 5. The summed E-state index contributed by atoms with van der Waals surface area (Å²) >= 11 is 11.9. The van der Waals surface area contributed by atoms with Crippen LogP contribution in [0.2, 0.25) is 10.0 Å². The molecule has 1 aliphatic heterocycles. The van der Waals surface area contributed by atoms with E-state index in [1.54, 1.807) is 6.07 Å². The molecule has 0 amide bonds. The molecule has 2 heterocycles. The summed E-state index contributed by atoms with van der Waals surface area (Å²) in [6.45, 7) is 1.13. The van der Waals surface area contributed by atoms with Crippen LogP contribution in [0.4, 0.5) is 5.69 Å². The SMILES string of the molecule is CN1CCC[C@@H]1Cc1c[nH]c2ccc(NS(=O)(=O)c3ccc(Cl)c(Cl)c3)cc12. The Labute approximate surface area is 174 Å². The van der Waals surface area contributed by atoms with Gasteiger partial charge in [-0.2, -0.15) is 0 Å². The Morgan fingerprint density at radius 2 is 2.00 bits per heavy atom. The number of hydrogen-bond acceptors (Lipinski definition) is 3. The molecular weight excluding hydrogens is 417 g/mol. The first-order chi connectivity index (χ1) is 13.3. The first kappa shape index (κ1) is 19.6. The van der Waals surface area contributed by atoms with Gasteiger partial charge in [0.25, 0.3) is 10.0 Å². The van der Waals surface area contributed by atoms with E-state index in [1.165, 1.54) is 36.6 Å². The first-order valence-corrected chi connectivity index (χ1v) is 11.4. The fourth-order valence-electron chi connectivity index (χ4n) is 3.76. The summed E-state index contributed by atoms with van der Waals surface area (Å²) in [4.78, 5) is 5.74. The molecule has 0 spiro atoms. The Kier molecular flexibility index (Phi) is 5.31. The molecule has 0 saturated carbocycles. The van der Waals surface area contributed by atoms with Crippen LogP contribution in [0.1, 0.15) is 18.4 Å². The Balaban J connectivity index is 1.62. The molecule has 2 aromatic carbocycles. The van der Waals surface area contributed by atoms with Crippen LogP contribution in [-0.4, -0.2) is 37.9 Å². The van der Waals surface area contributed by atoms with Gasteiger partial charge in [-0.1, -0.05) is 23.2 Å². The van der Waals surface area contributed by atoms with Crippen molar-refractivity contribution in [3.05, 3.63) is 58.2 Å². The summed E-state index contributed by atoms with van der Waals surface area (Å²) in [5, 5.41) is 1.55. The number of aromatic amines is 1. The van der Waals surface area contributed by atoms with Crippen LogP contribution < -0.4 is 4.72 Å². The van der Waals surface area contributed by atoms with Gasteiger partial charge in [-0.15, -0.1) is 0 Å². The van der Waals surface area contributed by atoms with Crippen molar-refractivity contribution < 1.29 is 8.42 Å². The van der Waals surface area contributed by atoms with E-state index in [-0.39, 0.29) is 9.92 Å². The number of benzene rings is 2. The summed E-state index contributed by atoms with van der Waals surface area (Å²) in [5.74, 6) is 0. The van der Waals surface area contributed by atoms with Gasteiger partial charge in [-0.3, -0.25) is 4.72 Å². The lowest BCUT2D eigenvalue weighted by atomic mass is 10.0. The molecule has 1 saturated heterocycles. The summed E-state index contributed by atoms with van der Waals surface area (Å²) in [5.41, 5.74) is 2.71. The minimum Gasteiger partial charge on any atom is -0.361 e. The highest BCUT2D eigenvalue weighted by Crippen LogP contribution is 2.29. The molecule has 1 aliphatic rings. The van der Waals surface area contributed by atoms with E-state index in [0.717, 1.165) is 23.9 Å². The number of nitrogens with one attached hydrogen (secondary N) is 2. The lowest BCUT2D eigenvalue weighted by molar-refractivity contribution is 0.310. The van der Waals surface area contributed by atoms with Gasteiger partial charge in [-0.05, 0) is 74.8 Å². The van der Waals surface area contributed by atoms with E-state index in [1.807, 2.05) is 18.3 Å². The van der Waals surface area contributed by atoms with Gasteiger partial charge in [0, 0.05) is 28.8 Å². The second-order valence-corrected chi connectivity index (χ2v) is 9.73. The molecule has 0 aliphatic carbocycles. The number of H-pyrrole nitrogens is 1. The van der Waals surface area contributed by atoms with E-state index < -0.39 is 10.0 Å². The zero-order valence-electron chi connectivity index (χ0n) is 15.4. The Morgan fingerprint density at radius 1 is 1.18 bits per heavy atom. The molecule has 0 radical (unpaired) electrons. The standard InChI is InChI=1S/C20H21Cl2N3O2S/c1-25-8-2-3-15(25)9-13-12-23-20-7-4-14(10-17(13)20)24-28(26,27)16-5-6-18(21)19(22)11-16/h4-7,10-12,15,23-24H,2-3,8-9H2,1H3/t15-/m1/s1. The second-order valence-electron chi connectivity index (χ2n) is 7.24. The summed E-state index contributed by atoms with van der Waals surface area (Å²) < 4.78 is 28.1. The highest BCUT2D eigenvalue weighted by Gasteiger charge is 2.22. The predicted molar refractivity (Wildman–Crippen MR) is 115 cm³/mol. The van der Waals surface area contributed by atoms with E-state index in [4.69, 9.17) is 23.2 Å². The second kappa shape index (κ2) is 7.59. The smallest absolute Gasteiger partial charge is 0.261 e. The molecule has 4 rings (SSSR count). The van der Waals surface area contributed by atoms with Crippen molar-refractivity contribution in [2.75, 3.05) is 18.3 Å². The molecule has 8 heteroatoms. The van der Waals surface area contributed by atoms with Gasteiger partial charge in [0.15, 0.2) is 0 Å². The Morgan fingerprint density at radius 3 is 2.71 bits per heavy atom. The molecule has 28 heavy (non-hydrogen) atoms. The number of sulfonamides is 1. The number of anilines is 1. The van der Waals surface area contributed by atoms with Gasteiger partial charge in [-0.25, -0.2) is 8.42 Å². The minimum absolute atomic E-state index is 0.0730. The maximum Gasteiger partial charge on any atom is 0.261 e. The number of hydrogen-bond donors (Lipinski definition) is 2. The average molecular weight is 438 g/mol. The fraction of sp³-hybridized carbons (Fsp3) is 0.300. The van der Waals surface area contributed by atoms with Gasteiger partial charge >= 0.3 is 0 Å². The largest absolute Gasteiger partial charge is 0.361 e. The van der Waals surface area contributed by atoms with Crippen molar-refractivity contribution in [1.82, 2.24) is 9.88 Å². The molecule has 1 fully saturated rings. The number of likely N-dealkylation sites (N-methyl/N-ethyl adjacent to an activating group) is 1. The number of aromatic nitrogens is 1. The maximum atomic E-state index is 12.7.